The minimum Gasteiger partial charge on any atom is -0.377 e. The summed E-state index contributed by atoms with van der Waals surface area (Å²) in [5, 5.41) is 0. The fourth-order valence-corrected chi connectivity index (χ4v) is 2.80. The van der Waals surface area contributed by atoms with Crippen molar-refractivity contribution >= 4 is 8.80 Å². The normalized spacial score (nSPS) is 14.8. The molecule has 3 nitrogen and oxygen atoms in total. The number of alkyl halides is 1. The van der Waals surface area contributed by atoms with E-state index >= 15 is 0 Å². The van der Waals surface area contributed by atoms with E-state index in [2.05, 4.69) is 0 Å². The first kappa shape index (κ1) is 12.0. The molecule has 0 aromatic carbocycles. The number of halogens is 1. The van der Waals surface area contributed by atoms with Crippen molar-refractivity contribution < 1.29 is 17.7 Å². The first-order chi connectivity index (χ1) is 5.60. The van der Waals surface area contributed by atoms with Gasteiger partial charge in [0.05, 0.1) is 6.17 Å². The second-order valence-electron chi connectivity index (χ2n) is 2.61. The largest absolute Gasteiger partial charge is 0.500 e. The van der Waals surface area contributed by atoms with Gasteiger partial charge in [0.2, 0.25) is 0 Å². The van der Waals surface area contributed by atoms with Gasteiger partial charge in [-0.1, -0.05) is 0 Å². The summed E-state index contributed by atoms with van der Waals surface area (Å²) in [6.07, 6.45) is -0.417. The molecule has 0 fully saturated rings. The highest BCUT2D eigenvalue weighted by Gasteiger charge is 2.37. The van der Waals surface area contributed by atoms with Crippen LogP contribution in [0.2, 0.25) is 6.04 Å². The van der Waals surface area contributed by atoms with Gasteiger partial charge in [-0.25, -0.2) is 4.39 Å². The minimum absolute atomic E-state index is 0.418. The molecule has 0 radical (unpaired) electrons. The van der Waals surface area contributed by atoms with Gasteiger partial charge >= 0.3 is 8.80 Å². The summed E-state index contributed by atoms with van der Waals surface area (Å²) in [5.41, 5.74) is 0. The van der Waals surface area contributed by atoms with Crippen LogP contribution < -0.4 is 0 Å². The summed E-state index contributed by atoms with van der Waals surface area (Å²) in [6, 6.07) is 0.522. The predicted octanol–water partition coefficient (Wildman–Crippen LogP) is 1.61. The zero-order chi connectivity index (χ0) is 9.61. The molecule has 74 valence electrons. The molecule has 1 atom stereocenters. The van der Waals surface area contributed by atoms with Gasteiger partial charge in [-0.3, -0.25) is 0 Å². The van der Waals surface area contributed by atoms with E-state index in [0.29, 0.717) is 12.5 Å². The monoisotopic (exact) mass is 196 g/mol. The van der Waals surface area contributed by atoms with Gasteiger partial charge < -0.3 is 13.3 Å². The number of rotatable bonds is 6. The second-order valence-corrected chi connectivity index (χ2v) is 5.71. The minimum atomic E-state index is -2.52. The smallest absolute Gasteiger partial charge is 0.377 e. The Morgan fingerprint density at radius 3 is 1.83 bits per heavy atom. The van der Waals surface area contributed by atoms with Crippen molar-refractivity contribution in [1.82, 2.24) is 0 Å². The van der Waals surface area contributed by atoms with Crippen LogP contribution in [-0.2, 0) is 13.3 Å². The van der Waals surface area contributed by atoms with Crippen LogP contribution in [0.3, 0.4) is 0 Å². The number of hydrogen-bond donors (Lipinski definition) is 0. The van der Waals surface area contributed by atoms with E-state index in [4.69, 9.17) is 13.3 Å². The molecule has 0 saturated carbocycles. The SMILES string of the molecule is CO[Si](CCC(C)F)(OC)OC. The molecule has 0 N–H and O–H groups in total. The molecule has 0 bridgehead atoms. The third-order valence-electron chi connectivity index (χ3n) is 1.78. The van der Waals surface area contributed by atoms with Crippen LogP contribution in [0.5, 0.6) is 0 Å². The van der Waals surface area contributed by atoms with Crippen LogP contribution in [0.4, 0.5) is 4.39 Å². The van der Waals surface area contributed by atoms with Crippen LogP contribution in [0, 0.1) is 0 Å². The summed E-state index contributed by atoms with van der Waals surface area (Å²) in [4.78, 5) is 0. The fourth-order valence-electron chi connectivity index (χ4n) is 0.932. The van der Waals surface area contributed by atoms with E-state index in [-0.39, 0.29) is 0 Å². The topological polar surface area (TPSA) is 27.7 Å². The van der Waals surface area contributed by atoms with Crippen LogP contribution in [-0.4, -0.2) is 36.3 Å². The van der Waals surface area contributed by atoms with E-state index in [9.17, 15) is 4.39 Å². The molecular formula is C7H17FO3Si. The molecule has 0 aliphatic rings. The van der Waals surface area contributed by atoms with E-state index in [0.717, 1.165) is 0 Å². The predicted molar refractivity (Wildman–Crippen MR) is 46.8 cm³/mol. The second kappa shape index (κ2) is 5.63. The quantitative estimate of drug-likeness (QED) is 0.604. The van der Waals surface area contributed by atoms with E-state index in [1.54, 1.807) is 0 Å². The Hall–Kier alpha value is 0.0269. The van der Waals surface area contributed by atoms with Crippen LogP contribution in [0.15, 0.2) is 0 Å². The maximum absolute atomic E-state index is 12.5. The first-order valence-corrected chi connectivity index (χ1v) is 5.83. The third kappa shape index (κ3) is 3.62. The molecule has 0 aliphatic carbocycles. The standard InChI is InChI=1S/C7H17FO3Si/c1-7(8)5-6-12(9-2,10-3)11-4/h7H,5-6H2,1-4H3. The molecule has 0 rings (SSSR count). The molecule has 0 aromatic rings. The zero-order valence-corrected chi connectivity index (χ0v) is 9.09. The average Bonchev–Trinajstić information content (AvgIpc) is 2.08. The Kier molecular flexibility index (Phi) is 5.65. The average molecular weight is 196 g/mol. The third-order valence-corrected chi connectivity index (χ3v) is 4.55. The lowest BCUT2D eigenvalue weighted by atomic mass is 10.3. The lowest BCUT2D eigenvalue weighted by Crippen LogP contribution is -2.43. The zero-order valence-electron chi connectivity index (χ0n) is 8.09. The van der Waals surface area contributed by atoms with E-state index in [1.807, 2.05) is 0 Å². The van der Waals surface area contributed by atoms with Crippen molar-refractivity contribution in [1.29, 1.82) is 0 Å². The van der Waals surface area contributed by atoms with Gasteiger partial charge in [0.25, 0.3) is 0 Å². The highest BCUT2D eigenvalue weighted by atomic mass is 28.4. The maximum Gasteiger partial charge on any atom is 0.500 e. The Bertz CT molecular complexity index is 109. The fraction of sp³-hybridized carbons (Fsp3) is 1.00. The van der Waals surface area contributed by atoms with Crippen LogP contribution in [0.1, 0.15) is 13.3 Å². The van der Waals surface area contributed by atoms with Crippen molar-refractivity contribution in [3.8, 4) is 0 Å². The van der Waals surface area contributed by atoms with Crippen LogP contribution >= 0.6 is 0 Å². The van der Waals surface area contributed by atoms with Crippen molar-refractivity contribution in [3.63, 3.8) is 0 Å². The van der Waals surface area contributed by atoms with Gasteiger partial charge in [0, 0.05) is 27.4 Å². The molecular weight excluding hydrogens is 179 g/mol. The van der Waals surface area contributed by atoms with E-state index < -0.39 is 15.0 Å². The van der Waals surface area contributed by atoms with E-state index in [1.165, 1.54) is 28.3 Å². The maximum atomic E-state index is 12.5. The summed E-state index contributed by atoms with van der Waals surface area (Å²) < 4.78 is 27.8. The first-order valence-electron chi connectivity index (χ1n) is 3.89. The Morgan fingerprint density at radius 1 is 1.17 bits per heavy atom. The molecule has 12 heavy (non-hydrogen) atoms. The summed E-state index contributed by atoms with van der Waals surface area (Å²) in [5.74, 6) is 0. The molecule has 1 unspecified atom stereocenters. The lowest BCUT2D eigenvalue weighted by molar-refractivity contribution is 0.120. The van der Waals surface area contributed by atoms with Gasteiger partial charge in [-0.2, -0.15) is 0 Å². The van der Waals surface area contributed by atoms with Gasteiger partial charge in [0.15, 0.2) is 0 Å². The molecule has 0 heterocycles. The molecule has 0 saturated heterocycles. The molecule has 0 amide bonds. The highest BCUT2D eigenvalue weighted by Crippen LogP contribution is 2.17. The van der Waals surface area contributed by atoms with Crippen LogP contribution in [0.25, 0.3) is 0 Å². The van der Waals surface area contributed by atoms with Gasteiger partial charge in [-0.05, 0) is 13.3 Å². The Morgan fingerprint density at radius 2 is 1.58 bits per heavy atom. The molecule has 5 heteroatoms. The molecule has 0 spiro atoms. The highest BCUT2D eigenvalue weighted by molar-refractivity contribution is 6.60. The Balaban J connectivity index is 3.93. The molecule has 0 aromatic heterocycles. The van der Waals surface area contributed by atoms with Gasteiger partial charge in [0.1, 0.15) is 0 Å². The van der Waals surface area contributed by atoms with Gasteiger partial charge in [-0.15, -0.1) is 0 Å². The Labute approximate surface area is 74.2 Å². The molecule has 0 aliphatic heterocycles. The number of hydrogen-bond acceptors (Lipinski definition) is 3. The lowest BCUT2D eigenvalue weighted by Gasteiger charge is -2.24. The van der Waals surface area contributed by atoms with Crippen molar-refractivity contribution in [2.75, 3.05) is 21.3 Å². The van der Waals surface area contributed by atoms with Crippen molar-refractivity contribution in [2.45, 2.75) is 25.6 Å². The van der Waals surface area contributed by atoms with Crippen molar-refractivity contribution in [3.05, 3.63) is 0 Å². The summed E-state index contributed by atoms with van der Waals surface area (Å²) in [6.45, 7) is 1.51. The summed E-state index contributed by atoms with van der Waals surface area (Å²) >= 11 is 0. The summed E-state index contributed by atoms with van der Waals surface area (Å²) in [7, 11) is 2.07. The van der Waals surface area contributed by atoms with Crippen molar-refractivity contribution in [2.24, 2.45) is 0 Å².